The molecule has 3 aliphatic rings. The van der Waals surface area contributed by atoms with Crippen molar-refractivity contribution in [3.63, 3.8) is 0 Å². The van der Waals surface area contributed by atoms with Gasteiger partial charge in [-0.1, -0.05) is 12.8 Å². The molecular weight excluding hydrogens is 350 g/mol. The van der Waals surface area contributed by atoms with Crippen molar-refractivity contribution in [3.8, 4) is 11.5 Å². The van der Waals surface area contributed by atoms with Crippen LogP contribution in [0.25, 0.3) is 0 Å². The Morgan fingerprint density at radius 3 is 2.38 bits per heavy atom. The van der Waals surface area contributed by atoms with Gasteiger partial charge in [0.05, 0.1) is 11.8 Å². The van der Waals surface area contributed by atoms with Crippen molar-refractivity contribution in [3.05, 3.63) is 18.2 Å². The van der Waals surface area contributed by atoms with Gasteiger partial charge in [0, 0.05) is 11.8 Å². The predicted molar refractivity (Wildman–Crippen MR) is 83.4 cm³/mol. The number of amides is 3. The third-order valence-electron chi connectivity index (χ3n) is 4.92. The number of hydrogen-bond acceptors (Lipinski definition) is 5. The van der Waals surface area contributed by atoms with E-state index in [1.807, 2.05) is 0 Å². The molecule has 1 aromatic rings. The van der Waals surface area contributed by atoms with Gasteiger partial charge in [-0.15, -0.1) is 8.78 Å². The predicted octanol–water partition coefficient (Wildman–Crippen LogP) is 2.12. The number of benzene rings is 1. The second-order valence-corrected chi connectivity index (χ2v) is 6.64. The number of nitrogens with zero attached hydrogens (tertiary/aromatic N) is 1. The number of alkyl halides is 2. The molecule has 0 spiro atoms. The summed E-state index contributed by atoms with van der Waals surface area (Å²) in [7, 11) is 0. The highest BCUT2D eigenvalue weighted by Crippen LogP contribution is 2.42. The highest BCUT2D eigenvalue weighted by Gasteiger charge is 2.48. The number of nitrogens with one attached hydrogen (secondary N) is 1. The van der Waals surface area contributed by atoms with E-state index in [-0.39, 0.29) is 40.8 Å². The number of carbonyl (C=O) groups is 3. The van der Waals surface area contributed by atoms with Gasteiger partial charge in [0.2, 0.25) is 17.7 Å². The molecule has 1 N–H and O–H groups in total. The van der Waals surface area contributed by atoms with Crippen LogP contribution < -0.4 is 14.8 Å². The number of hydrogen-bond donors (Lipinski definition) is 1. The van der Waals surface area contributed by atoms with Crippen LogP contribution in [0.5, 0.6) is 11.5 Å². The lowest BCUT2D eigenvalue weighted by Gasteiger charge is -2.19. The molecule has 0 unspecified atom stereocenters. The van der Waals surface area contributed by atoms with E-state index in [2.05, 4.69) is 14.8 Å². The molecule has 138 valence electrons. The van der Waals surface area contributed by atoms with Gasteiger partial charge >= 0.3 is 6.29 Å². The van der Waals surface area contributed by atoms with E-state index >= 15 is 0 Å². The summed E-state index contributed by atoms with van der Waals surface area (Å²) in [5.41, 5.74) is 0.201. The normalized spacial score (nSPS) is 26.0. The first kappa shape index (κ1) is 16.7. The number of imide groups is 1. The molecular formula is C17H16F2N2O5. The third kappa shape index (κ3) is 2.87. The minimum Gasteiger partial charge on any atom is -0.395 e. The van der Waals surface area contributed by atoms with Crippen LogP contribution in [0.3, 0.4) is 0 Å². The van der Waals surface area contributed by atoms with Crippen LogP contribution in [-0.4, -0.2) is 35.5 Å². The van der Waals surface area contributed by atoms with E-state index in [0.29, 0.717) is 12.8 Å². The number of fused-ring (bicyclic) bond motifs is 2. The average molecular weight is 366 g/mol. The highest BCUT2D eigenvalue weighted by molar-refractivity contribution is 6.08. The van der Waals surface area contributed by atoms with E-state index in [4.69, 9.17) is 0 Å². The molecule has 1 aliphatic carbocycles. The first-order chi connectivity index (χ1) is 12.3. The molecule has 3 amide bonds. The molecule has 26 heavy (non-hydrogen) atoms. The van der Waals surface area contributed by atoms with Crippen LogP contribution in [0.1, 0.15) is 25.7 Å². The summed E-state index contributed by atoms with van der Waals surface area (Å²) in [6.07, 6.45) is -0.590. The van der Waals surface area contributed by atoms with Crippen molar-refractivity contribution in [1.29, 1.82) is 0 Å². The summed E-state index contributed by atoms with van der Waals surface area (Å²) < 4.78 is 34.6. The molecule has 1 saturated carbocycles. The van der Waals surface area contributed by atoms with Crippen molar-refractivity contribution < 1.29 is 32.6 Å². The molecule has 0 aromatic heterocycles. The maximum Gasteiger partial charge on any atom is 0.586 e. The van der Waals surface area contributed by atoms with Gasteiger partial charge < -0.3 is 14.8 Å². The van der Waals surface area contributed by atoms with Crippen LogP contribution in [0.2, 0.25) is 0 Å². The topological polar surface area (TPSA) is 84.9 Å². The second-order valence-electron chi connectivity index (χ2n) is 6.64. The zero-order chi connectivity index (χ0) is 18.5. The zero-order valence-electron chi connectivity index (χ0n) is 13.7. The number of halogens is 2. The van der Waals surface area contributed by atoms with Gasteiger partial charge in [0.15, 0.2) is 11.5 Å². The molecule has 2 aliphatic heterocycles. The van der Waals surface area contributed by atoms with Crippen LogP contribution in [-0.2, 0) is 14.4 Å². The number of carbonyl (C=O) groups excluding carboxylic acids is 3. The van der Waals surface area contributed by atoms with Crippen LogP contribution in [0.15, 0.2) is 18.2 Å². The lowest BCUT2D eigenvalue weighted by atomic mass is 9.81. The van der Waals surface area contributed by atoms with E-state index in [1.54, 1.807) is 0 Å². The van der Waals surface area contributed by atoms with Crippen molar-refractivity contribution in [2.45, 2.75) is 32.0 Å². The molecule has 1 aromatic carbocycles. The molecule has 9 heteroatoms. The van der Waals surface area contributed by atoms with Crippen LogP contribution in [0.4, 0.5) is 14.5 Å². The minimum absolute atomic E-state index is 0.137. The minimum atomic E-state index is -3.74. The molecule has 2 atom stereocenters. The molecule has 1 saturated heterocycles. The Morgan fingerprint density at radius 2 is 1.73 bits per heavy atom. The maximum absolute atomic E-state index is 13.0. The highest BCUT2D eigenvalue weighted by atomic mass is 19.3. The Labute approximate surface area is 147 Å². The molecule has 7 nitrogen and oxygen atoms in total. The number of anilines is 1. The summed E-state index contributed by atoms with van der Waals surface area (Å²) >= 11 is 0. The van der Waals surface area contributed by atoms with Crippen molar-refractivity contribution in [2.24, 2.45) is 11.8 Å². The SMILES string of the molecule is O=C(CN1C(=O)[C@@H]2CCCC[C@H]2C1=O)Nc1ccc2c(c1)OC(F)(F)O2. The fourth-order valence-corrected chi connectivity index (χ4v) is 3.76. The van der Waals surface area contributed by atoms with Crippen LogP contribution in [0, 0.1) is 11.8 Å². The Balaban J connectivity index is 1.42. The molecule has 0 bridgehead atoms. The average Bonchev–Trinajstić information content (AvgIpc) is 3.02. The zero-order valence-corrected chi connectivity index (χ0v) is 13.7. The van der Waals surface area contributed by atoms with Gasteiger partial charge in [-0.25, -0.2) is 0 Å². The van der Waals surface area contributed by atoms with E-state index in [0.717, 1.165) is 17.7 Å². The quantitative estimate of drug-likeness (QED) is 0.829. The smallest absolute Gasteiger partial charge is 0.395 e. The summed E-state index contributed by atoms with van der Waals surface area (Å²) in [5, 5.41) is 2.48. The Bertz CT molecular complexity index is 773. The summed E-state index contributed by atoms with van der Waals surface area (Å²) in [6.45, 7) is -0.394. The Hall–Kier alpha value is -2.71. The fourth-order valence-electron chi connectivity index (χ4n) is 3.76. The first-order valence-electron chi connectivity index (χ1n) is 8.39. The van der Waals surface area contributed by atoms with Gasteiger partial charge in [-0.3, -0.25) is 19.3 Å². The monoisotopic (exact) mass is 366 g/mol. The lowest BCUT2D eigenvalue weighted by molar-refractivity contribution is -0.286. The summed E-state index contributed by atoms with van der Waals surface area (Å²) in [6, 6.07) is 3.81. The molecule has 2 fully saturated rings. The second kappa shape index (κ2) is 5.93. The Kier molecular flexibility index (Phi) is 3.82. The van der Waals surface area contributed by atoms with Crippen molar-refractivity contribution >= 4 is 23.4 Å². The largest absolute Gasteiger partial charge is 0.586 e. The van der Waals surface area contributed by atoms with Gasteiger partial charge in [0.1, 0.15) is 6.54 Å². The van der Waals surface area contributed by atoms with E-state index in [1.165, 1.54) is 18.2 Å². The standard InChI is InChI=1S/C17H16F2N2O5/c18-17(19)25-12-6-5-9(7-13(12)26-17)20-14(22)8-21-15(23)10-3-1-2-4-11(10)16(21)24/h5-7,10-11H,1-4,8H2,(H,20,22)/t10-,11-/m1/s1. The number of likely N-dealkylation sites (tertiary alicyclic amines) is 1. The van der Waals surface area contributed by atoms with E-state index in [9.17, 15) is 23.2 Å². The van der Waals surface area contributed by atoms with E-state index < -0.39 is 18.7 Å². The molecule has 4 rings (SSSR count). The summed E-state index contributed by atoms with van der Waals surface area (Å²) in [5.74, 6) is -2.18. The first-order valence-corrected chi connectivity index (χ1v) is 8.39. The van der Waals surface area contributed by atoms with Crippen molar-refractivity contribution in [2.75, 3.05) is 11.9 Å². The van der Waals surface area contributed by atoms with Crippen LogP contribution >= 0.6 is 0 Å². The number of ether oxygens (including phenoxy) is 2. The lowest BCUT2D eigenvalue weighted by Crippen LogP contribution is -2.38. The third-order valence-corrected chi connectivity index (χ3v) is 4.92. The Morgan fingerprint density at radius 1 is 1.12 bits per heavy atom. The molecule has 2 heterocycles. The number of rotatable bonds is 3. The van der Waals surface area contributed by atoms with Crippen molar-refractivity contribution in [1.82, 2.24) is 4.90 Å². The van der Waals surface area contributed by atoms with Gasteiger partial charge in [-0.2, -0.15) is 0 Å². The summed E-state index contributed by atoms with van der Waals surface area (Å²) in [4.78, 5) is 37.9. The van der Waals surface area contributed by atoms with Gasteiger partial charge in [0.25, 0.3) is 0 Å². The maximum atomic E-state index is 13.0. The van der Waals surface area contributed by atoms with Gasteiger partial charge in [-0.05, 0) is 25.0 Å². The molecule has 0 radical (unpaired) electrons. The fraction of sp³-hybridized carbons (Fsp3) is 0.471.